The average Bonchev–Trinajstić information content (AvgIpc) is 2.80. The molecule has 0 spiro atoms. The van der Waals surface area contributed by atoms with Gasteiger partial charge in [0.15, 0.2) is 0 Å². The topological polar surface area (TPSA) is 50.1 Å². The Morgan fingerprint density at radius 1 is 1.30 bits per heavy atom. The van der Waals surface area contributed by atoms with Crippen LogP contribution in [0.2, 0.25) is 5.02 Å². The van der Waals surface area contributed by atoms with E-state index in [0.717, 1.165) is 36.2 Å². The normalized spacial score (nSPS) is 14.6. The maximum atomic E-state index is 9.24. The van der Waals surface area contributed by atoms with Crippen LogP contribution in [0.1, 0.15) is 45.5 Å². The number of benzene rings is 1. The number of imidazole rings is 1. The van der Waals surface area contributed by atoms with Crippen LogP contribution in [0, 0.1) is 11.8 Å². The highest BCUT2D eigenvalue weighted by Crippen LogP contribution is 2.23. The van der Waals surface area contributed by atoms with Crippen molar-refractivity contribution in [3.8, 4) is 0 Å². The number of aryl methyl sites for hydroxylation is 1. The summed E-state index contributed by atoms with van der Waals surface area (Å²) in [6.45, 7) is 7.72. The molecule has 2 N–H and O–H groups in total. The van der Waals surface area contributed by atoms with Crippen LogP contribution in [0.4, 0.5) is 0 Å². The molecule has 0 radical (unpaired) electrons. The fourth-order valence-electron chi connectivity index (χ4n) is 3.17. The van der Waals surface area contributed by atoms with Crippen molar-refractivity contribution >= 4 is 22.6 Å². The molecule has 2 atom stereocenters. The molecule has 23 heavy (non-hydrogen) atoms. The van der Waals surface area contributed by atoms with Crippen molar-refractivity contribution in [1.82, 2.24) is 14.9 Å². The zero-order valence-electron chi connectivity index (χ0n) is 14.5. The van der Waals surface area contributed by atoms with E-state index < -0.39 is 0 Å². The molecule has 0 aliphatic heterocycles. The Morgan fingerprint density at radius 3 is 2.70 bits per heavy atom. The van der Waals surface area contributed by atoms with E-state index in [2.05, 4.69) is 30.7 Å². The molecule has 0 fully saturated rings. The Balaban J connectivity index is 2.08. The molecular formula is C18H28ClN3O. The van der Waals surface area contributed by atoms with Crippen LogP contribution in [0.25, 0.3) is 11.0 Å². The van der Waals surface area contributed by atoms with Crippen LogP contribution in [0.15, 0.2) is 18.2 Å². The third-order valence-electron chi connectivity index (χ3n) is 4.32. The third-order valence-corrected chi connectivity index (χ3v) is 4.55. The summed E-state index contributed by atoms with van der Waals surface area (Å²) in [4.78, 5) is 4.72. The van der Waals surface area contributed by atoms with Gasteiger partial charge in [0, 0.05) is 18.7 Å². The number of hydrogen-bond acceptors (Lipinski definition) is 3. The highest BCUT2D eigenvalue weighted by Gasteiger charge is 2.17. The van der Waals surface area contributed by atoms with E-state index in [1.54, 1.807) is 0 Å². The Hall–Kier alpha value is -1.10. The fraction of sp³-hybridized carbons (Fsp3) is 0.611. The highest BCUT2D eigenvalue weighted by molar-refractivity contribution is 6.31. The minimum absolute atomic E-state index is 0.152. The first-order chi connectivity index (χ1) is 10.9. The first kappa shape index (κ1) is 18.2. The summed E-state index contributed by atoms with van der Waals surface area (Å²) >= 11 is 6.06. The molecule has 2 aromatic rings. The van der Waals surface area contributed by atoms with Crippen molar-refractivity contribution in [2.75, 3.05) is 13.2 Å². The second-order valence-electron chi connectivity index (χ2n) is 6.80. The Bertz CT molecular complexity index is 638. The van der Waals surface area contributed by atoms with Crippen LogP contribution in [0.3, 0.4) is 0 Å². The molecule has 4 nitrogen and oxygen atoms in total. The number of hydrogen-bond donors (Lipinski definition) is 2. The third kappa shape index (κ3) is 4.69. The predicted molar refractivity (Wildman–Crippen MR) is 96.8 cm³/mol. The maximum Gasteiger partial charge on any atom is 0.126 e. The lowest BCUT2D eigenvalue weighted by molar-refractivity contribution is 0.236. The summed E-state index contributed by atoms with van der Waals surface area (Å²) < 4.78 is 2.12. The van der Waals surface area contributed by atoms with Crippen LogP contribution in [-0.2, 0) is 7.05 Å². The lowest BCUT2D eigenvalue weighted by Gasteiger charge is -2.21. The van der Waals surface area contributed by atoms with Crippen LogP contribution < -0.4 is 5.32 Å². The van der Waals surface area contributed by atoms with Crippen molar-refractivity contribution < 1.29 is 5.11 Å². The van der Waals surface area contributed by atoms with Crippen molar-refractivity contribution in [2.24, 2.45) is 18.9 Å². The average molecular weight is 338 g/mol. The summed E-state index contributed by atoms with van der Waals surface area (Å²) in [5.41, 5.74) is 2.02. The molecule has 1 aromatic carbocycles. The summed E-state index contributed by atoms with van der Waals surface area (Å²) in [5.74, 6) is 2.14. The first-order valence-electron chi connectivity index (χ1n) is 8.38. The maximum absolute atomic E-state index is 9.24. The number of aliphatic hydroxyl groups excluding tert-OH is 1. The van der Waals surface area contributed by atoms with Crippen LogP contribution in [0.5, 0.6) is 0 Å². The van der Waals surface area contributed by atoms with E-state index in [9.17, 15) is 5.11 Å². The zero-order chi connectivity index (χ0) is 17.0. The van der Waals surface area contributed by atoms with Gasteiger partial charge >= 0.3 is 0 Å². The van der Waals surface area contributed by atoms with Gasteiger partial charge in [-0.15, -0.1) is 0 Å². The molecular weight excluding hydrogens is 310 g/mol. The summed E-state index contributed by atoms with van der Waals surface area (Å²) in [5, 5.41) is 13.5. The van der Waals surface area contributed by atoms with E-state index in [-0.39, 0.29) is 12.6 Å². The van der Waals surface area contributed by atoms with Crippen LogP contribution in [-0.4, -0.2) is 27.8 Å². The largest absolute Gasteiger partial charge is 0.396 e. The summed E-state index contributed by atoms with van der Waals surface area (Å²) in [6, 6.07) is 5.96. The van der Waals surface area contributed by atoms with Gasteiger partial charge in [-0.2, -0.15) is 0 Å². The lowest BCUT2D eigenvalue weighted by atomic mass is 9.94. The van der Waals surface area contributed by atoms with Crippen molar-refractivity contribution in [3.63, 3.8) is 0 Å². The zero-order valence-corrected chi connectivity index (χ0v) is 15.3. The Morgan fingerprint density at radius 2 is 2.04 bits per heavy atom. The fourth-order valence-corrected chi connectivity index (χ4v) is 3.33. The number of aromatic nitrogens is 2. The van der Waals surface area contributed by atoms with E-state index in [4.69, 9.17) is 16.6 Å². The molecule has 1 aromatic heterocycles. The number of nitrogens with zero attached hydrogens (tertiary/aromatic N) is 2. The molecule has 0 saturated heterocycles. The highest BCUT2D eigenvalue weighted by atomic mass is 35.5. The second kappa shape index (κ2) is 8.13. The number of aliphatic hydroxyl groups is 1. The van der Waals surface area contributed by atoms with Crippen molar-refractivity contribution in [3.05, 3.63) is 29.0 Å². The molecule has 1 heterocycles. The molecule has 0 saturated carbocycles. The van der Waals surface area contributed by atoms with Crippen LogP contribution >= 0.6 is 11.6 Å². The van der Waals surface area contributed by atoms with Crippen molar-refractivity contribution in [2.45, 2.75) is 39.7 Å². The molecule has 2 unspecified atom stereocenters. The molecule has 0 aliphatic rings. The van der Waals surface area contributed by atoms with Gasteiger partial charge in [0.25, 0.3) is 0 Å². The monoisotopic (exact) mass is 337 g/mol. The lowest BCUT2D eigenvalue weighted by Crippen LogP contribution is -2.28. The van der Waals surface area contributed by atoms with Crippen molar-refractivity contribution in [1.29, 1.82) is 0 Å². The number of rotatable bonds is 8. The van der Waals surface area contributed by atoms with E-state index in [1.165, 1.54) is 0 Å². The number of halogens is 1. The Labute approximate surface area is 143 Å². The van der Waals surface area contributed by atoms with Gasteiger partial charge in [-0.05, 0) is 56.3 Å². The predicted octanol–water partition coefficient (Wildman–Crippen LogP) is 3.92. The minimum atomic E-state index is 0.152. The van der Waals surface area contributed by atoms with Gasteiger partial charge in [-0.1, -0.05) is 25.4 Å². The second-order valence-corrected chi connectivity index (χ2v) is 7.24. The smallest absolute Gasteiger partial charge is 0.126 e. The minimum Gasteiger partial charge on any atom is -0.396 e. The molecule has 5 heteroatoms. The van der Waals surface area contributed by atoms with Gasteiger partial charge in [0.2, 0.25) is 0 Å². The summed E-state index contributed by atoms with van der Waals surface area (Å²) in [6.07, 6.45) is 1.97. The van der Waals surface area contributed by atoms with Gasteiger partial charge < -0.3 is 15.0 Å². The molecule has 2 rings (SSSR count). The molecule has 0 bridgehead atoms. The molecule has 128 valence electrons. The number of fused-ring (bicyclic) bond motifs is 1. The molecule has 0 amide bonds. The Kier molecular flexibility index (Phi) is 6.45. The number of nitrogens with one attached hydrogen (secondary N) is 1. The SMILES string of the molecule is CC(C)CC(CCO)CNC(C)c1nc2cc(Cl)ccc2n1C. The molecule has 0 aliphatic carbocycles. The van der Waals surface area contributed by atoms with Gasteiger partial charge in [0.05, 0.1) is 17.1 Å². The first-order valence-corrected chi connectivity index (χ1v) is 8.76. The van der Waals surface area contributed by atoms with Gasteiger partial charge in [-0.25, -0.2) is 4.98 Å². The van der Waals surface area contributed by atoms with E-state index >= 15 is 0 Å². The van der Waals surface area contributed by atoms with Gasteiger partial charge in [0.1, 0.15) is 5.82 Å². The van der Waals surface area contributed by atoms with E-state index in [0.29, 0.717) is 16.9 Å². The quantitative estimate of drug-likeness (QED) is 0.767. The standard InChI is InChI=1S/C18H28ClN3O/c1-12(2)9-14(7-8-23)11-20-13(3)18-21-16-10-15(19)5-6-17(16)22(18)4/h5-6,10,12-14,20,23H,7-9,11H2,1-4H3. The van der Waals surface area contributed by atoms with E-state index in [1.807, 2.05) is 25.2 Å². The van der Waals surface area contributed by atoms with Gasteiger partial charge in [-0.3, -0.25) is 0 Å². The summed E-state index contributed by atoms with van der Waals surface area (Å²) in [7, 11) is 2.04.